The van der Waals surface area contributed by atoms with Gasteiger partial charge in [-0.25, -0.2) is 17.8 Å². The van der Waals surface area contributed by atoms with Crippen molar-refractivity contribution >= 4 is 27.5 Å². The maximum atomic E-state index is 13.2. The number of rotatable bonds is 4. The summed E-state index contributed by atoms with van der Waals surface area (Å²) in [5, 5.41) is 0. The monoisotopic (exact) mass is 445 g/mol. The molecule has 0 saturated carbocycles. The van der Waals surface area contributed by atoms with Crippen LogP contribution in [0, 0.1) is 12.7 Å². The zero-order valence-corrected chi connectivity index (χ0v) is 17.4. The van der Waals surface area contributed by atoms with Crippen molar-refractivity contribution in [2.24, 2.45) is 0 Å². The highest BCUT2D eigenvalue weighted by atomic mass is 32.2. The van der Waals surface area contributed by atoms with Crippen molar-refractivity contribution in [2.45, 2.75) is 30.7 Å². The number of nitrogens with one attached hydrogen (secondary N) is 2. The molecule has 0 radical (unpaired) electrons. The highest BCUT2D eigenvalue weighted by Crippen LogP contribution is 2.26. The molecule has 162 valence electrons. The van der Waals surface area contributed by atoms with Crippen LogP contribution in [-0.2, 0) is 14.8 Å². The molecular formula is C20H20FN5O4S. The number of aryl methyl sites for hydroxylation is 1. The topological polar surface area (TPSA) is 113 Å². The fraction of sp³-hybridized carbons (Fsp3) is 0.250. The summed E-state index contributed by atoms with van der Waals surface area (Å²) >= 11 is 0. The van der Waals surface area contributed by atoms with Crippen LogP contribution in [-0.4, -0.2) is 46.5 Å². The normalized spacial score (nSPS) is 17.0. The summed E-state index contributed by atoms with van der Waals surface area (Å²) < 4.78 is 41.6. The molecule has 11 heteroatoms. The molecule has 2 N–H and O–H groups in total. The standard InChI is InChI=1S/C20H20FN5O4S/c1-13-18(25-11-3-2-6-17(25)22-13)20(28)24-23-19(27)16-5-4-12-26(16)31(29,30)15-9-7-14(21)8-10-15/h2-3,6-11,16H,4-5,12H2,1H3,(H,23,27)(H,24,28). The lowest BCUT2D eigenvalue weighted by atomic mass is 10.2. The van der Waals surface area contributed by atoms with Crippen molar-refractivity contribution in [2.75, 3.05) is 6.54 Å². The SMILES string of the molecule is Cc1nc2ccccn2c1C(=O)NNC(=O)C1CCCN1S(=O)(=O)c1ccc(F)cc1. The Morgan fingerprint density at radius 2 is 1.87 bits per heavy atom. The Hall–Kier alpha value is -3.31. The number of carbonyl (C=O) groups excluding carboxylic acids is 2. The summed E-state index contributed by atoms with van der Waals surface area (Å²) in [7, 11) is -3.99. The molecule has 31 heavy (non-hydrogen) atoms. The summed E-state index contributed by atoms with van der Waals surface area (Å²) in [5.74, 6) is -1.78. The summed E-state index contributed by atoms with van der Waals surface area (Å²) in [6, 6.07) is 8.73. The zero-order chi connectivity index (χ0) is 22.2. The molecule has 1 fully saturated rings. The Morgan fingerprint density at radius 1 is 1.13 bits per heavy atom. The van der Waals surface area contributed by atoms with E-state index in [0.29, 0.717) is 24.2 Å². The lowest BCUT2D eigenvalue weighted by Crippen LogP contribution is -2.51. The molecule has 9 nitrogen and oxygen atoms in total. The first-order chi connectivity index (χ1) is 14.8. The van der Waals surface area contributed by atoms with Crippen LogP contribution in [0.1, 0.15) is 29.0 Å². The Morgan fingerprint density at radius 3 is 2.61 bits per heavy atom. The molecule has 2 aromatic heterocycles. The number of nitrogens with zero attached hydrogens (tertiary/aromatic N) is 3. The summed E-state index contributed by atoms with van der Waals surface area (Å²) in [6.45, 7) is 1.83. The van der Waals surface area contributed by atoms with Gasteiger partial charge in [0.2, 0.25) is 10.0 Å². The van der Waals surface area contributed by atoms with Gasteiger partial charge in [0, 0.05) is 12.7 Å². The smallest absolute Gasteiger partial charge is 0.288 e. The molecule has 0 aliphatic carbocycles. The molecule has 1 saturated heterocycles. The quantitative estimate of drug-likeness (QED) is 0.590. The number of benzene rings is 1. The van der Waals surface area contributed by atoms with E-state index in [0.717, 1.165) is 28.6 Å². The lowest BCUT2D eigenvalue weighted by molar-refractivity contribution is -0.125. The van der Waals surface area contributed by atoms with Gasteiger partial charge in [0.1, 0.15) is 23.2 Å². The number of sulfonamides is 1. The zero-order valence-electron chi connectivity index (χ0n) is 16.6. The number of hydrazine groups is 1. The molecule has 0 bridgehead atoms. The molecule has 4 rings (SSSR count). The largest absolute Gasteiger partial charge is 0.295 e. The second-order valence-electron chi connectivity index (χ2n) is 7.15. The van der Waals surface area contributed by atoms with Crippen LogP contribution < -0.4 is 10.9 Å². The minimum atomic E-state index is -3.99. The molecule has 3 heterocycles. The number of halogens is 1. The minimum Gasteiger partial charge on any atom is -0.295 e. The predicted octanol–water partition coefficient (Wildman–Crippen LogP) is 1.40. The number of fused-ring (bicyclic) bond motifs is 1. The Balaban J connectivity index is 1.48. The highest BCUT2D eigenvalue weighted by Gasteiger charge is 2.39. The van der Waals surface area contributed by atoms with E-state index in [4.69, 9.17) is 0 Å². The molecule has 1 aliphatic heterocycles. The van der Waals surface area contributed by atoms with Gasteiger partial charge in [-0.05, 0) is 56.2 Å². The van der Waals surface area contributed by atoms with Crippen LogP contribution in [0.3, 0.4) is 0 Å². The average molecular weight is 445 g/mol. The molecule has 3 aromatic rings. The molecule has 0 spiro atoms. The summed E-state index contributed by atoms with van der Waals surface area (Å²) in [5.41, 5.74) is 6.00. The maximum absolute atomic E-state index is 13.2. The number of carbonyl (C=O) groups is 2. The van der Waals surface area contributed by atoms with Crippen molar-refractivity contribution in [1.29, 1.82) is 0 Å². The lowest BCUT2D eigenvalue weighted by Gasteiger charge is -2.23. The minimum absolute atomic E-state index is 0.0982. The first-order valence-electron chi connectivity index (χ1n) is 9.60. The van der Waals surface area contributed by atoms with Gasteiger partial charge in [0.25, 0.3) is 11.8 Å². The van der Waals surface area contributed by atoms with Crippen molar-refractivity contribution in [3.8, 4) is 0 Å². The number of hydrogen-bond donors (Lipinski definition) is 2. The summed E-state index contributed by atoms with van der Waals surface area (Å²) in [4.78, 5) is 29.5. The fourth-order valence-corrected chi connectivity index (χ4v) is 5.34. The maximum Gasteiger partial charge on any atom is 0.288 e. The predicted molar refractivity (Wildman–Crippen MR) is 109 cm³/mol. The first kappa shape index (κ1) is 20.9. The van der Waals surface area contributed by atoms with Gasteiger partial charge in [-0.15, -0.1) is 0 Å². The molecular weight excluding hydrogens is 425 g/mol. The van der Waals surface area contributed by atoms with E-state index in [9.17, 15) is 22.4 Å². The van der Waals surface area contributed by atoms with Crippen LogP contribution in [0.2, 0.25) is 0 Å². The van der Waals surface area contributed by atoms with Crippen molar-refractivity contribution in [3.63, 3.8) is 0 Å². The van der Waals surface area contributed by atoms with E-state index in [1.165, 1.54) is 0 Å². The van der Waals surface area contributed by atoms with E-state index >= 15 is 0 Å². The average Bonchev–Trinajstić information content (AvgIpc) is 3.36. The number of hydrogen-bond acceptors (Lipinski definition) is 5. The van der Waals surface area contributed by atoms with Gasteiger partial charge in [0.15, 0.2) is 0 Å². The van der Waals surface area contributed by atoms with Crippen LogP contribution in [0.15, 0.2) is 53.6 Å². The second kappa shape index (κ2) is 8.08. The van der Waals surface area contributed by atoms with Gasteiger partial charge in [-0.3, -0.25) is 24.8 Å². The third-order valence-corrected chi connectivity index (χ3v) is 7.07. The molecule has 1 aromatic carbocycles. The van der Waals surface area contributed by atoms with E-state index in [1.54, 1.807) is 35.7 Å². The van der Waals surface area contributed by atoms with Gasteiger partial charge in [0.05, 0.1) is 10.6 Å². The number of aromatic nitrogens is 2. The van der Waals surface area contributed by atoms with Gasteiger partial charge in [-0.2, -0.15) is 4.31 Å². The molecule has 1 unspecified atom stereocenters. The first-order valence-corrected chi connectivity index (χ1v) is 11.0. The number of amides is 2. The highest BCUT2D eigenvalue weighted by molar-refractivity contribution is 7.89. The molecule has 2 amide bonds. The van der Waals surface area contributed by atoms with Gasteiger partial charge >= 0.3 is 0 Å². The Kier molecular flexibility index (Phi) is 5.46. The Labute approximate surface area is 177 Å². The van der Waals surface area contributed by atoms with Crippen LogP contribution in [0.25, 0.3) is 5.65 Å². The van der Waals surface area contributed by atoms with E-state index in [-0.39, 0.29) is 17.1 Å². The van der Waals surface area contributed by atoms with Crippen LogP contribution in [0.5, 0.6) is 0 Å². The third kappa shape index (κ3) is 3.89. The van der Waals surface area contributed by atoms with Crippen molar-refractivity contribution in [1.82, 2.24) is 24.5 Å². The van der Waals surface area contributed by atoms with E-state index < -0.39 is 33.7 Å². The molecule has 1 aliphatic rings. The van der Waals surface area contributed by atoms with E-state index in [2.05, 4.69) is 15.8 Å². The Bertz CT molecular complexity index is 1260. The number of imidazole rings is 1. The van der Waals surface area contributed by atoms with Crippen molar-refractivity contribution in [3.05, 3.63) is 65.9 Å². The van der Waals surface area contributed by atoms with Crippen LogP contribution in [0.4, 0.5) is 4.39 Å². The van der Waals surface area contributed by atoms with Crippen LogP contribution >= 0.6 is 0 Å². The number of pyridine rings is 1. The fourth-order valence-electron chi connectivity index (χ4n) is 3.68. The van der Waals surface area contributed by atoms with Gasteiger partial charge < -0.3 is 0 Å². The second-order valence-corrected chi connectivity index (χ2v) is 9.04. The third-order valence-electron chi connectivity index (χ3n) is 5.15. The van der Waals surface area contributed by atoms with Crippen molar-refractivity contribution < 1.29 is 22.4 Å². The molecule has 1 atom stereocenters. The van der Waals surface area contributed by atoms with Gasteiger partial charge in [-0.1, -0.05) is 6.07 Å². The summed E-state index contributed by atoms with van der Waals surface area (Å²) in [6.07, 6.45) is 2.47. The van der Waals surface area contributed by atoms with E-state index in [1.807, 2.05) is 0 Å².